The lowest BCUT2D eigenvalue weighted by Gasteiger charge is -2.34. The van der Waals surface area contributed by atoms with E-state index in [-0.39, 0.29) is 12.0 Å². The number of rotatable bonds is 7. The second-order valence-corrected chi connectivity index (χ2v) is 7.15. The van der Waals surface area contributed by atoms with E-state index in [0.29, 0.717) is 24.8 Å². The molecule has 0 radical (unpaired) electrons. The summed E-state index contributed by atoms with van der Waals surface area (Å²) in [6.45, 7) is 9.31. The lowest BCUT2D eigenvalue weighted by atomic mass is 9.93. The molecular weight excluding hydrogens is 342 g/mol. The molecule has 7 nitrogen and oxygen atoms in total. The van der Waals surface area contributed by atoms with E-state index < -0.39 is 0 Å². The van der Waals surface area contributed by atoms with Gasteiger partial charge in [-0.1, -0.05) is 6.07 Å². The average Bonchev–Trinajstić information content (AvgIpc) is 2.66. The molecular formula is C20H33N5O2. The molecule has 0 atom stereocenters. The van der Waals surface area contributed by atoms with Crippen molar-refractivity contribution in [2.75, 3.05) is 26.7 Å². The predicted molar refractivity (Wildman–Crippen MR) is 108 cm³/mol. The molecule has 0 aromatic carbocycles. The van der Waals surface area contributed by atoms with E-state index >= 15 is 0 Å². The number of aromatic nitrogens is 1. The highest BCUT2D eigenvalue weighted by Gasteiger charge is 2.23. The number of ether oxygens (including phenoxy) is 1. The highest BCUT2D eigenvalue weighted by Crippen LogP contribution is 2.20. The van der Waals surface area contributed by atoms with Crippen LogP contribution in [0, 0.1) is 5.92 Å². The summed E-state index contributed by atoms with van der Waals surface area (Å²) >= 11 is 0. The molecule has 7 heteroatoms. The van der Waals surface area contributed by atoms with Crippen LogP contribution in [0.15, 0.2) is 23.3 Å². The summed E-state index contributed by atoms with van der Waals surface area (Å²) in [5, 5.41) is 6.09. The van der Waals surface area contributed by atoms with Gasteiger partial charge in [-0.05, 0) is 45.1 Å². The molecule has 0 aliphatic carbocycles. The number of hydrogen-bond acceptors (Lipinski definition) is 4. The Balaban J connectivity index is 1.91. The smallest absolute Gasteiger partial charge is 0.220 e. The number of likely N-dealkylation sites (tertiary alicyclic amines) is 1. The Morgan fingerprint density at radius 2 is 2.11 bits per heavy atom. The van der Waals surface area contributed by atoms with Crippen LogP contribution >= 0.6 is 0 Å². The number of nitrogens with zero attached hydrogens (tertiary/aromatic N) is 3. The first-order valence-corrected chi connectivity index (χ1v) is 9.87. The number of amides is 1. The van der Waals surface area contributed by atoms with Crippen molar-refractivity contribution in [2.45, 2.75) is 52.7 Å². The molecule has 2 N–H and O–H groups in total. The fourth-order valence-corrected chi connectivity index (χ4v) is 3.12. The van der Waals surface area contributed by atoms with Crippen molar-refractivity contribution in [2.24, 2.45) is 10.9 Å². The third-order valence-electron chi connectivity index (χ3n) is 4.57. The van der Waals surface area contributed by atoms with Gasteiger partial charge < -0.3 is 20.3 Å². The molecule has 1 fully saturated rings. The number of carbonyl (C=O) groups is 1. The molecule has 2 heterocycles. The van der Waals surface area contributed by atoms with Crippen molar-refractivity contribution in [3.05, 3.63) is 23.9 Å². The molecule has 1 amide bonds. The highest BCUT2D eigenvalue weighted by molar-refractivity contribution is 5.80. The van der Waals surface area contributed by atoms with Crippen LogP contribution < -0.4 is 15.4 Å². The molecule has 0 bridgehead atoms. The predicted octanol–water partition coefficient (Wildman–Crippen LogP) is 2.18. The van der Waals surface area contributed by atoms with Gasteiger partial charge in [0.25, 0.3) is 0 Å². The molecule has 150 valence electrons. The van der Waals surface area contributed by atoms with Gasteiger partial charge in [-0.15, -0.1) is 0 Å². The number of piperidine rings is 1. The number of guanidine groups is 1. The van der Waals surface area contributed by atoms with Gasteiger partial charge in [0.1, 0.15) is 0 Å². The average molecular weight is 376 g/mol. The van der Waals surface area contributed by atoms with Crippen LogP contribution in [0.3, 0.4) is 0 Å². The quantitative estimate of drug-likeness (QED) is 0.564. The Bertz CT molecular complexity index is 607. The number of hydrogen-bond donors (Lipinski definition) is 2. The van der Waals surface area contributed by atoms with E-state index in [9.17, 15) is 4.79 Å². The van der Waals surface area contributed by atoms with E-state index in [1.165, 1.54) is 0 Å². The van der Waals surface area contributed by atoms with E-state index in [0.717, 1.165) is 44.0 Å². The summed E-state index contributed by atoms with van der Waals surface area (Å²) in [6.07, 6.45) is 4.59. The van der Waals surface area contributed by atoms with Crippen molar-refractivity contribution < 1.29 is 9.53 Å². The van der Waals surface area contributed by atoms with E-state index in [2.05, 4.69) is 27.4 Å². The summed E-state index contributed by atoms with van der Waals surface area (Å²) in [5.41, 5.74) is 1.05. The Labute approximate surface area is 162 Å². The Morgan fingerprint density at radius 3 is 2.67 bits per heavy atom. The number of nitrogens with one attached hydrogen (secondary N) is 2. The second-order valence-electron chi connectivity index (χ2n) is 7.15. The van der Waals surface area contributed by atoms with E-state index in [4.69, 9.17) is 9.73 Å². The highest BCUT2D eigenvalue weighted by atomic mass is 16.5. The Kier molecular flexibility index (Phi) is 8.36. The van der Waals surface area contributed by atoms with Crippen molar-refractivity contribution in [3.63, 3.8) is 0 Å². The molecule has 1 aromatic rings. The van der Waals surface area contributed by atoms with Crippen molar-refractivity contribution in [1.82, 2.24) is 20.5 Å². The van der Waals surface area contributed by atoms with Gasteiger partial charge >= 0.3 is 0 Å². The van der Waals surface area contributed by atoms with Gasteiger partial charge in [0, 0.05) is 45.4 Å². The largest absolute Gasteiger partial charge is 0.475 e. The molecule has 1 aliphatic rings. The van der Waals surface area contributed by atoms with Gasteiger partial charge in [0.2, 0.25) is 11.8 Å². The maximum absolute atomic E-state index is 11.6. The molecule has 0 unspecified atom stereocenters. The molecule has 0 saturated carbocycles. The molecule has 1 saturated heterocycles. The molecule has 0 spiro atoms. The van der Waals surface area contributed by atoms with E-state index in [1.807, 2.05) is 32.2 Å². The minimum absolute atomic E-state index is 0.119. The summed E-state index contributed by atoms with van der Waals surface area (Å²) in [4.78, 5) is 23.0. The Morgan fingerprint density at radius 1 is 1.37 bits per heavy atom. The summed E-state index contributed by atoms with van der Waals surface area (Å²) < 4.78 is 5.58. The monoisotopic (exact) mass is 375 g/mol. The number of carbonyl (C=O) groups excluding carboxylic acids is 1. The van der Waals surface area contributed by atoms with E-state index in [1.54, 1.807) is 7.05 Å². The van der Waals surface area contributed by atoms with Crippen LogP contribution in [0.25, 0.3) is 0 Å². The van der Waals surface area contributed by atoms with Crippen LogP contribution in [0.5, 0.6) is 5.88 Å². The fourth-order valence-electron chi connectivity index (χ4n) is 3.12. The lowest BCUT2D eigenvalue weighted by Crippen LogP contribution is -2.46. The second kappa shape index (κ2) is 10.7. The van der Waals surface area contributed by atoms with Gasteiger partial charge in [-0.25, -0.2) is 9.98 Å². The van der Waals surface area contributed by atoms with Crippen LogP contribution in [-0.2, 0) is 11.3 Å². The third kappa shape index (κ3) is 7.07. The first-order chi connectivity index (χ1) is 13.0. The molecule has 27 heavy (non-hydrogen) atoms. The number of pyridine rings is 1. The third-order valence-corrected chi connectivity index (χ3v) is 4.57. The zero-order chi connectivity index (χ0) is 19.6. The van der Waals surface area contributed by atoms with Crippen molar-refractivity contribution in [3.8, 4) is 5.88 Å². The van der Waals surface area contributed by atoms with Crippen LogP contribution in [0.2, 0.25) is 0 Å². The van der Waals surface area contributed by atoms with Gasteiger partial charge in [0.05, 0.1) is 12.6 Å². The van der Waals surface area contributed by atoms with Gasteiger partial charge in [0.15, 0.2) is 5.96 Å². The molecule has 1 aliphatic heterocycles. The molecule has 1 aromatic heterocycles. The van der Waals surface area contributed by atoms with Crippen LogP contribution in [0.1, 0.15) is 45.6 Å². The maximum Gasteiger partial charge on any atom is 0.220 e. The zero-order valence-electron chi connectivity index (χ0n) is 17.0. The Hall–Kier alpha value is -2.31. The van der Waals surface area contributed by atoms with Crippen LogP contribution in [0.4, 0.5) is 0 Å². The maximum atomic E-state index is 11.6. The fraction of sp³-hybridized carbons (Fsp3) is 0.650. The number of aliphatic imine (C=N–C) groups is 1. The minimum Gasteiger partial charge on any atom is -0.475 e. The molecule has 2 rings (SSSR count). The normalized spacial score (nSPS) is 15.7. The first-order valence-electron chi connectivity index (χ1n) is 9.87. The summed E-state index contributed by atoms with van der Waals surface area (Å²) in [7, 11) is 1.70. The van der Waals surface area contributed by atoms with Gasteiger partial charge in [-0.2, -0.15) is 0 Å². The first kappa shape index (κ1) is 21.0. The topological polar surface area (TPSA) is 78.9 Å². The van der Waals surface area contributed by atoms with Crippen molar-refractivity contribution in [1.29, 1.82) is 0 Å². The van der Waals surface area contributed by atoms with Crippen LogP contribution in [-0.4, -0.2) is 54.5 Å². The SMILES string of the molecule is CCNC(=NCc1ccc(OC(C)C)nc1)N1CCC(CC(=O)NC)CC1. The summed E-state index contributed by atoms with van der Waals surface area (Å²) in [5.74, 6) is 2.16. The zero-order valence-corrected chi connectivity index (χ0v) is 17.0. The standard InChI is InChI=1S/C20H33N5O2/c1-5-22-20(25-10-8-16(9-11-25)12-18(26)21-4)24-14-17-6-7-19(23-13-17)27-15(2)3/h6-7,13,15-16H,5,8-12,14H2,1-4H3,(H,21,26)(H,22,24). The summed E-state index contributed by atoms with van der Waals surface area (Å²) in [6, 6.07) is 3.90. The van der Waals surface area contributed by atoms with Crippen molar-refractivity contribution >= 4 is 11.9 Å². The minimum atomic E-state index is 0.119. The lowest BCUT2D eigenvalue weighted by molar-refractivity contribution is -0.121. The van der Waals surface area contributed by atoms with Gasteiger partial charge in [-0.3, -0.25) is 4.79 Å².